The second-order valence-corrected chi connectivity index (χ2v) is 13.0. The molecule has 0 bridgehead atoms. The molecule has 1 saturated carbocycles. The molecule has 2 aromatic rings. The standard InChI is InChI=1S/C29H39Cl2N3O4S/c1-4-27(29(36)32-22-12-6-5-7-13-22)33(20-24-25(30)15-9-16-26(24)31)28(35)17-10-18-34(39(3,37)38)23-14-8-11-21(2)19-23/h8-9,11,14-16,19,22,27H,4-7,10,12-13,17-18,20H2,1-3H3,(H,32,36). The molecule has 1 atom stereocenters. The van der Waals surface area contributed by atoms with E-state index in [0.29, 0.717) is 27.7 Å². The van der Waals surface area contributed by atoms with Crippen molar-refractivity contribution in [2.24, 2.45) is 0 Å². The van der Waals surface area contributed by atoms with Crippen LogP contribution in [-0.4, -0.2) is 50.0 Å². The van der Waals surface area contributed by atoms with Gasteiger partial charge in [-0.3, -0.25) is 13.9 Å². The van der Waals surface area contributed by atoms with Crippen molar-refractivity contribution >= 4 is 50.7 Å². The molecule has 0 saturated heterocycles. The Balaban J connectivity index is 1.80. The van der Waals surface area contributed by atoms with Gasteiger partial charge in [0.25, 0.3) is 0 Å². The number of aryl methyl sites for hydroxylation is 1. The van der Waals surface area contributed by atoms with Crippen LogP contribution < -0.4 is 9.62 Å². The third-order valence-electron chi connectivity index (χ3n) is 7.17. The lowest BCUT2D eigenvalue weighted by molar-refractivity contribution is -0.141. The number of anilines is 1. The monoisotopic (exact) mass is 595 g/mol. The van der Waals surface area contributed by atoms with E-state index in [1.54, 1.807) is 41.3 Å². The van der Waals surface area contributed by atoms with Crippen molar-refractivity contribution in [2.45, 2.75) is 83.8 Å². The molecule has 0 aromatic heterocycles. The molecule has 2 amide bonds. The number of benzene rings is 2. The molecule has 1 fully saturated rings. The number of carbonyl (C=O) groups excluding carboxylic acids is 2. The molecule has 1 aliphatic rings. The fourth-order valence-electron chi connectivity index (χ4n) is 5.10. The summed E-state index contributed by atoms with van der Waals surface area (Å²) in [5.41, 5.74) is 2.08. The topological polar surface area (TPSA) is 86.8 Å². The Morgan fingerprint density at radius 3 is 2.28 bits per heavy atom. The van der Waals surface area contributed by atoms with Crippen LogP contribution in [0.3, 0.4) is 0 Å². The summed E-state index contributed by atoms with van der Waals surface area (Å²) in [6.07, 6.45) is 7.14. The van der Waals surface area contributed by atoms with E-state index in [1.807, 2.05) is 19.9 Å². The first-order valence-corrected chi connectivity index (χ1v) is 16.2. The van der Waals surface area contributed by atoms with Crippen LogP contribution in [0.1, 0.15) is 69.4 Å². The van der Waals surface area contributed by atoms with Crippen LogP contribution in [0.4, 0.5) is 5.69 Å². The summed E-state index contributed by atoms with van der Waals surface area (Å²) in [6, 6.07) is 11.8. The smallest absolute Gasteiger partial charge is 0.243 e. The lowest BCUT2D eigenvalue weighted by Gasteiger charge is -2.33. The maximum atomic E-state index is 13.7. The van der Waals surface area contributed by atoms with Crippen molar-refractivity contribution in [3.63, 3.8) is 0 Å². The number of sulfonamides is 1. The minimum absolute atomic E-state index is 0.0626. The zero-order valence-corrected chi connectivity index (χ0v) is 25.3. The molecule has 214 valence electrons. The second kappa shape index (κ2) is 14.4. The first-order chi connectivity index (χ1) is 18.5. The first-order valence-electron chi connectivity index (χ1n) is 13.6. The number of carbonyl (C=O) groups is 2. The van der Waals surface area contributed by atoms with E-state index >= 15 is 0 Å². The Labute approximate surface area is 242 Å². The first kappa shape index (κ1) is 31.2. The van der Waals surface area contributed by atoms with Gasteiger partial charge in [-0.05, 0) is 62.4 Å². The largest absolute Gasteiger partial charge is 0.352 e. The van der Waals surface area contributed by atoms with Crippen molar-refractivity contribution < 1.29 is 18.0 Å². The van der Waals surface area contributed by atoms with Gasteiger partial charge in [-0.15, -0.1) is 0 Å². The van der Waals surface area contributed by atoms with Gasteiger partial charge in [0.05, 0.1) is 11.9 Å². The molecule has 0 spiro atoms. The molecule has 1 N–H and O–H groups in total. The predicted molar refractivity (Wildman–Crippen MR) is 159 cm³/mol. The summed E-state index contributed by atoms with van der Waals surface area (Å²) in [7, 11) is -3.55. The minimum atomic E-state index is -3.55. The quantitative estimate of drug-likeness (QED) is 0.321. The van der Waals surface area contributed by atoms with E-state index in [0.717, 1.165) is 37.5 Å². The van der Waals surface area contributed by atoms with Crippen molar-refractivity contribution in [1.29, 1.82) is 0 Å². The Morgan fingerprint density at radius 1 is 1.05 bits per heavy atom. The Bertz CT molecular complexity index is 1230. The number of nitrogens with one attached hydrogen (secondary N) is 1. The fourth-order valence-corrected chi connectivity index (χ4v) is 6.58. The summed E-state index contributed by atoms with van der Waals surface area (Å²) in [6.45, 7) is 4.00. The van der Waals surface area contributed by atoms with E-state index in [9.17, 15) is 18.0 Å². The van der Waals surface area contributed by atoms with E-state index in [2.05, 4.69) is 5.32 Å². The third-order valence-corrected chi connectivity index (χ3v) is 9.07. The molecule has 2 aromatic carbocycles. The summed E-state index contributed by atoms with van der Waals surface area (Å²) in [5, 5.41) is 4.00. The van der Waals surface area contributed by atoms with Gasteiger partial charge >= 0.3 is 0 Å². The predicted octanol–water partition coefficient (Wildman–Crippen LogP) is 6.10. The zero-order valence-electron chi connectivity index (χ0n) is 23.0. The van der Waals surface area contributed by atoms with Gasteiger partial charge in [0, 0.05) is 41.2 Å². The van der Waals surface area contributed by atoms with Crippen molar-refractivity contribution in [1.82, 2.24) is 10.2 Å². The lowest BCUT2D eigenvalue weighted by atomic mass is 9.95. The van der Waals surface area contributed by atoms with Crippen molar-refractivity contribution in [3.05, 3.63) is 63.6 Å². The second-order valence-electron chi connectivity index (χ2n) is 10.3. The molecule has 0 aliphatic heterocycles. The summed E-state index contributed by atoms with van der Waals surface area (Å²) in [4.78, 5) is 28.6. The average molecular weight is 597 g/mol. The summed E-state index contributed by atoms with van der Waals surface area (Å²) < 4.78 is 26.4. The highest BCUT2D eigenvalue weighted by Crippen LogP contribution is 2.28. The van der Waals surface area contributed by atoms with Crippen LogP contribution in [0.2, 0.25) is 10.0 Å². The highest BCUT2D eigenvalue weighted by Gasteiger charge is 2.31. The minimum Gasteiger partial charge on any atom is -0.352 e. The van der Waals surface area contributed by atoms with E-state index in [1.165, 1.54) is 10.7 Å². The van der Waals surface area contributed by atoms with Crippen LogP contribution in [0.5, 0.6) is 0 Å². The Hall–Kier alpha value is -2.29. The molecule has 39 heavy (non-hydrogen) atoms. The van der Waals surface area contributed by atoms with E-state index in [4.69, 9.17) is 23.2 Å². The Morgan fingerprint density at radius 2 is 1.69 bits per heavy atom. The molecular formula is C29H39Cl2N3O4S. The van der Waals surface area contributed by atoms with Crippen LogP contribution in [-0.2, 0) is 26.2 Å². The van der Waals surface area contributed by atoms with E-state index < -0.39 is 16.1 Å². The van der Waals surface area contributed by atoms with Crippen molar-refractivity contribution in [3.8, 4) is 0 Å². The average Bonchev–Trinajstić information content (AvgIpc) is 2.88. The van der Waals surface area contributed by atoms with Crippen LogP contribution in [0.25, 0.3) is 0 Å². The van der Waals surface area contributed by atoms with Crippen LogP contribution >= 0.6 is 23.2 Å². The maximum Gasteiger partial charge on any atom is 0.243 e. The highest BCUT2D eigenvalue weighted by molar-refractivity contribution is 7.92. The van der Waals surface area contributed by atoms with Gasteiger partial charge in [-0.1, -0.05) is 67.6 Å². The van der Waals surface area contributed by atoms with Crippen LogP contribution in [0.15, 0.2) is 42.5 Å². The SMILES string of the molecule is CCC(C(=O)NC1CCCCC1)N(Cc1c(Cl)cccc1Cl)C(=O)CCCN(c1cccc(C)c1)S(C)(=O)=O. The van der Waals surface area contributed by atoms with Gasteiger partial charge in [-0.25, -0.2) is 8.42 Å². The lowest BCUT2D eigenvalue weighted by Crippen LogP contribution is -2.51. The molecule has 0 heterocycles. The highest BCUT2D eigenvalue weighted by atomic mass is 35.5. The van der Waals surface area contributed by atoms with E-state index in [-0.39, 0.29) is 43.8 Å². The normalized spacial score (nSPS) is 15.0. The fraction of sp³-hybridized carbons (Fsp3) is 0.517. The number of rotatable bonds is 12. The Kier molecular flexibility index (Phi) is 11.5. The van der Waals surface area contributed by atoms with Crippen LogP contribution in [0, 0.1) is 6.92 Å². The number of amides is 2. The van der Waals surface area contributed by atoms with Gasteiger partial charge in [-0.2, -0.15) is 0 Å². The number of halogens is 2. The number of hydrogen-bond acceptors (Lipinski definition) is 4. The molecule has 0 radical (unpaired) electrons. The molecule has 1 unspecified atom stereocenters. The van der Waals surface area contributed by atoms with Gasteiger partial charge in [0.2, 0.25) is 21.8 Å². The molecule has 7 nitrogen and oxygen atoms in total. The van der Waals surface area contributed by atoms with Gasteiger partial charge < -0.3 is 10.2 Å². The molecule has 1 aliphatic carbocycles. The van der Waals surface area contributed by atoms with Gasteiger partial charge in [0.1, 0.15) is 6.04 Å². The summed E-state index contributed by atoms with van der Waals surface area (Å²) in [5.74, 6) is -0.437. The third kappa shape index (κ3) is 8.85. The van der Waals surface area contributed by atoms with Gasteiger partial charge in [0.15, 0.2) is 0 Å². The molecule has 10 heteroatoms. The van der Waals surface area contributed by atoms with Crippen molar-refractivity contribution in [2.75, 3.05) is 17.1 Å². The number of nitrogens with zero attached hydrogens (tertiary/aromatic N) is 2. The molecule has 3 rings (SSSR count). The molecular weight excluding hydrogens is 557 g/mol. The summed E-state index contributed by atoms with van der Waals surface area (Å²) >= 11 is 12.9. The number of hydrogen-bond donors (Lipinski definition) is 1. The zero-order chi connectivity index (χ0) is 28.6. The maximum absolute atomic E-state index is 13.7.